The molecular formula is C57H44N2. The first-order valence-corrected chi connectivity index (χ1v) is 20.4. The average molecular weight is 757 g/mol. The maximum Gasteiger partial charge on any atom is 0.0713 e. The summed E-state index contributed by atoms with van der Waals surface area (Å²) in [5.74, 6) is 0. The average Bonchev–Trinajstić information content (AvgIpc) is 3.59. The molecule has 0 saturated carbocycles. The number of anilines is 6. The van der Waals surface area contributed by atoms with E-state index in [0.29, 0.717) is 0 Å². The van der Waals surface area contributed by atoms with Gasteiger partial charge in [-0.1, -0.05) is 163 Å². The molecule has 0 spiro atoms. The van der Waals surface area contributed by atoms with Crippen molar-refractivity contribution in [3.63, 3.8) is 0 Å². The molecule has 2 heteroatoms. The molecule has 0 heterocycles. The van der Waals surface area contributed by atoms with Gasteiger partial charge in [-0.15, -0.1) is 0 Å². The van der Waals surface area contributed by atoms with Crippen molar-refractivity contribution in [2.24, 2.45) is 0 Å². The Morgan fingerprint density at radius 1 is 0.288 bits per heavy atom. The van der Waals surface area contributed by atoms with E-state index in [4.69, 9.17) is 0 Å². The predicted octanol–water partition coefficient (Wildman–Crippen LogP) is 15.3. The van der Waals surface area contributed by atoms with Crippen molar-refractivity contribution in [3.8, 4) is 22.3 Å². The van der Waals surface area contributed by atoms with Crippen molar-refractivity contribution in [2.75, 3.05) is 9.80 Å². The normalized spacial score (nSPS) is 12.4. The first-order chi connectivity index (χ1) is 29.1. The van der Waals surface area contributed by atoms with E-state index in [9.17, 15) is 0 Å². The van der Waals surface area contributed by atoms with Crippen LogP contribution in [0.5, 0.6) is 0 Å². The number of fused-ring (bicyclic) bond motifs is 3. The fourth-order valence-electron chi connectivity index (χ4n) is 9.11. The number of rotatable bonds is 9. The number of aryl methyl sites for hydroxylation is 2. The van der Waals surface area contributed by atoms with E-state index in [1.54, 1.807) is 0 Å². The van der Waals surface area contributed by atoms with Gasteiger partial charge >= 0.3 is 0 Å². The van der Waals surface area contributed by atoms with Gasteiger partial charge in [0.2, 0.25) is 0 Å². The Hall–Kier alpha value is -7.42. The Balaban J connectivity index is 1.01. The molecular weight excluding hydrogens is 713 g/mol. The number of hydrogen-bond donors (Lipinski definition) is 0. The van der Waals surface area contributed by atoms with Crippen LogP contribution < -0.4 is 9.80 Å². The Morgan fingerprint density at radius 3 is 1.15 bits per heavy atom. The van der Waals surface area contributed by atoms with E-state index >= 15 is 0 Å². The summed E-state index contributed by atoms with van der Waals surface area (Å²) in [5.41, 5.74) is 18.9. The second-order valence-electron chi connectivity index (χ2n) is 15.5. The molecule has 0 bridgehead atoms. The molecule has 0 N–H and O–H groups in total. The van der Waals surface area contributed by atoms with Crippen molar-refractivity contribution >= 4 is 34.1 Å². The molecule has 0 aromatic heterocycles. The van der Waals surface area contributed by atoms with E-state index in [-0.39, 0.29) is 0 Å². The predicted molar refractivity (Wildman–Crippen MR) is 248 cm³/mol. The molecule has 282 valence electrons. The zero-order chi connectivity index (χ0) is 39.8. The molecule has 1 aliphatic rings. The van der Waals surface area contributed by atoms with Gasteiger partial charge < -0.3 is 9.80 Å². The molecule has 0 unspecified atom stereocenters. The van der Waals surface area contributed by atoms with Gasteiger partial charge in [0, 0.05) is 34.1 Å². The van der Waals surface area contributed by atoms with Gasteiger partial charge in [0.15, 0.2) is 0 Å². The summed E-state index contributed by atoms with van der Waals surface area (Å²) in [4.78, 5) is 4.65. The zero-order valence-electron chi connectivity index (χ0n) is 33.3. The Labute approximate surface area is 347 Å². The number of hydrogen-bond acceptors (Lipinski definition) is 2. The lowest BCUT2D eigenvalue weighted by Gasteiger charge is -2.34. The fourth-order valence-corrected chi connectivity index (χ4v) is 9.11. The summed E-state index contributed by atoms with van der Waals surface area (Å²) in [7, 11) is 0. The second kappa shape index (κ2) is 15.2. The van der Waals surface area contributed by atoms with Crippen molar-refractivity contribution in [1.29, 1.82) is 0 Å². The SMILES string of the molecule is Cc1ccc(C2(c3ccc(-c4ccc(N(c5ccc(N(c6ccccc6)c6ccccc6)cc5)c5cccc(C)c5)cc4)cc3)c3ccccc3-c3ccccc32)cc1. The third kappa shape index (κ3) is 6.40. The largest absolute Gasteiger partial charge is 0.311 e. The summed E-state index contributed by atoms with van der Waals surface area (Å²) >= 11 is 0. The lowest BCUT2D eigenvalue weighted by atomic mass is 9.67. The van der Waals surface area contributed by atoms with E-state index in [1.165, 1.54) is 55.6 Å². The lowest BCUT2D eigenvalue weighted by Crippen LogP contribution is -2.28. The van der Waals surface area contributed by atoms with Gasteiger partial charge in [-0.05, 0) is 137 Å². The smallest absolute Gasteiger partial charge is 0.0713 e. The van der Waals surface area contributed by atoms with Crippen LogP contribution in [-0.4, -0.2) is 0 Å². The molecule has 9 aromatic carbocycles. The number of nitrogens with zero attached hydrogens (tertiary/aromatic N) is 2. The maximum atomic E-state index is 2.35. The molecule has 0 saturated heterocycles. The van der Waals surface area contributed by atoms with Crippen LogP contribution in [0.3, 0.4) is 0 Å². The minimum Gasteiger partial charge on any atom is -0.311 e. The standard InChI is InChI=1S/C57H44N2/c1-41-24-30-45(31-25-41)57(55-22-11-9-20-53(55)54-21-10-12-23-56(54)57)46-32-26-43(27-33-46)44-28-34-49(35-29-44)59(52-19-13-14-42(2)40-52)51-38-36-50(37-39-51)58(47-15-5-3-6-16-47)48-17-7-4-8-18-48/h3-40H,1-2H3. The summed E-state index contributed by atoms with van der Waals surface area (Å²) in [6.45, 7) is 4.32. The highest BCUT2D eigenvalue weighted by Crippen LogP contribution is 2.56. The number of benzene rings is 9. The monoisotopic (exact) mass is 756 g/mol. The molecule has 9 aromatic rings. The van der Waals surface area contributed by atoms with Crippen molar-refractivity contribution < 1.29 is 0 Å². The van der Waals surface area contributed by atoms with Crippen LogP contribution >= 0.6 is 0 Å². The van der Waals surface area contributed by atoms with E-state index in [2.05, 4.69) is 254 Å². The molecule has 10 rings (SSSR count). The highest BCUT2D eigenvalue weighted by atomic mass is 15.2. The molecule has 59 heavy (non-hydrogen) atoms. The van der Waals surface area contributed by atoms with Gasteiger partial charge in [-0.2, -0.15) is 0 Å². The van der Waals surface area contributed by atoms with E-state index in [0.717, 1.165) is 34.1 Å². The second-order valence-corrected chi connectivity index (χ2v) is 15.5. The highest BCUT2D eigenvalue weighted by Gasteiger charge is 2.45. The summed E-state index contributed by atoms with van der Waals surface area (Å²) in [6, 6.07) is 84.0. The van der Waals surface area contributed by atoms with Crippen molar-refractivity contribution in [2.45, 2.75) is 19.3 Å². The Bertz CT molecular complexity index is 2780. The zero-order valence-corrected chi connectivity index (χ0v) is 33.3. The minimum atomic E-state index is -0.410. The van der Waals surface area contributed by atoms with Crippen molar-refractivity contribution in [1.82, 2.24) is 0 Å². The van der Waals surface area contributed by atoms with Crippen LogP contribution in [0.2, 0.25) is 0 Å². The van der Waals surface area contributed by atoms with Gasteiger partial charge in [-0.25, -0.2) is 0 Å². The van der Waals surface area contributed by atoms with Crippen molar-refractivity contribution in [3.05, 3.63) is 264 Å². The van der Waals surface area contributed by atoms with E-state index < -0.39 is 5.41 Å². The third-order valence-corrected chi connectivity index (χ3v) is 11.9. The molecule has 2 nitrogen and oxygen atoms in total. The van der Waals surface area contributed by atoms with Crippen LogP contribution in [0.25, 0.3) is 22.3 Å². The Kier molecular flexibility index (Phi) is 9.24. The highest BCUT2D eigenvalue weighted by molar-refractivity contribution is 5.87. The number of para-hydroxylation sites is 2. The quantitative estimate of drug-likeness (QED) is 0.145. The lowest BCUT2D eigenvalue weighted by molar-refractivity contribution is 0.768. The first-order valence-electron chi connectivity index (χ1n) is 20.4. The molecule has 1 aliphatic carbocycles. The molecule has 0 amide bonds. The van der Waals surface area contributed by atoms with Gasteiger partial charge in [-0.3, -0.25) is 0 Å². The van der Waals surface area contributed by atoms with E-state index in [1.807, 2.05) is 0 Å². The summed E-state index contributed by atoms with van der Waals surface area (Å²) < 4.78 is 0. The molecule has 0 atom stereocenters. The first kappa shape index (κ1) is 36.0. The summed E-state index contributed by atoms with van der Waals surface area (Å²) in [6.07, 6.45) is 0. The van der Waals surface area contributed by atoms with Crippen LogP contribution in [0, 0.1) is 13.8 Å². The Morgan fingerprint density at radius 2 is 0.661 bits per heavy atom. The van der Waals surface area contributed by atoms with Crippen LogP contribution in [0.15, 0.2) is 231 Å². The topological polar surface area (TPSA) is 6.48 Å². The third-order valence-electron chi connectivity index (χ3n) is 11.9. The van der Waals surface area contributed by atoms with Crippen LogP contribution in [0.1, 0.15) is 33.4 Å². The maximum absolute atomic E-state index is 2.35. The minimum absolute atomic E-state index is 0.410. The fraction of sp³-hybridized carbons (Fsp3) is 0.0526. The summed E-state index contributed by atoms with van der Waals surface area (Å²) in [5, 5.41) is 0. The van der Waals surface area contributed by atoms with Gasteiger partial charge in [0.25, 0.3) is 0 Å². The van der Waals surface area contributed by atoms with Crippen LogP contribution in [-0.2, 0) is 5.41 Å². The molecule has 0 radical (unpaired) electrons. The van der Waals surface area contributed by atoms with Gasteiger partial charge in [0.05, 0.1) is 5.41 Å². The van der Waals surface area contributed by atoms with Crippen LogP contribution in [0.4, 0.5) is 34.1 Å². The molecule has 0 fully saturated rings. The van der Waals surface area contributed by atoms with Gasteiger partial charge in [0.1, 0.15) is 0 Å². The molecule has 0 aliphatic heterocycles.